The SMILES string of the molecule is C=CC1COC(=O)CC1(C)N. The zero-order valence-electron chi connectivity index (χ0n) is 6.67. The third-order valence-corrected chi connectivity index (χ3v) is 2.08. The number of esters is 1. The van der Waals surface area contributed by atoms with Crippen LogP contribution in [0.15, 0.2) is 12.7 Å². The molecule has 1 aliphatic rings. The first kappa shape index (κ1) is 8.27. The van der Waals surface area contributed by atoms with Gasteiger partial charge in [0, 0.05) is 11.5 Å². The number of nitrogens with two attached hydrogens (primary N) is 1. The van der Waals surface area contributed by atoms with Gasteiger partial charge in [-0.15, -0.1) is 6.58 Å². The summed E-state index contributed by atoms with van der Waals surface area (Å²) >= 11 is 0. The van der Waals surface area contributed by atoms with E-state index in [-0.39, 0.29) is 18.3 Å². The highest BCUT2D eigenvalue weighted by atomic mass is 16.5. The average molecular weight is 155 g/mol. The van der Waals surface area contributed by atoms with Crippen LogP contribution in [0.5, 0.6) is 0 Å². The molecule has 2 atom stereocenters. The molecular formula is C8H13NO2. The Morgan fingerprint density at radius 3 is 3.00 bits per heavy atom. The second kappa shape index (κ2) is 2.66. The minimum Gasteiger partial charge on any atom is -0.465 e. The van der Waals surface area contributed by atoms with Gasteiger partial charge in [0.05, 0.1) is 13.0 Å². The zero-order valence-corrected chi connectivity index (χ0v) is 6.67. The van der Waals surface area contributed by atoms with Crippen LogP contribution in [-0.4, -0.2) is 18.1 Å². The number of rotatable bonds is 1. The van der Waals surface area contributed by atoms with E-state index >= 15 is 0 Å². The molecule has 0 bridgehead atoms. The summed E-state index contributed by atoms with van der Waals surface area (Å²) in [5.41, 5.74) is 5.38. The molecule has 0 aromatic heterocycles. The van der Waals surface area contributed by atoms with E-state index < -0.39 is 5.54 Å². The Balaban J connectivity index is 2.71. The molecule has 0 aromatic carbocycles. The van der Waals surface area contributed by atoms with E-state index in [0.29, 0.717) is 6.61 Å². The molecule has 0 aromatic rings. The fourth-order valence-corrected chi connectivity index (χ4v) is 1.20. The molecule has 0 aliphatic carbocycles. The second-order valence-electron chi connectivity index (χ2n) is 3.21. The lowest BCUT2D eigenvalue weighted by atomic mass is 9.83. The fourth-order valence-electron chi connectivity index (χ4n) is 1.20. The summed E-state index contributed by atoms with van der Waals surface area (Å²) < 4.78 is 4.83. The smallest absolute Gasteiger partial charge is 0.307 e. The Morgan fingerprint density at radius 2 is 2.55 bits per heavy atom. The summed E-state index contributed by atoms with van der Waals surface area (Å²) in [5, 5.41) is 0. The van der Waals surface area contributed by atoms with Crippen molar-refractivity contribution in [3.8, 4) is 0 Å². The molecule has 3 nitrogen and oxygen atoms in total. The van der Waals surface area contributed by atoms with E-state index in [2.05, 4.69) is 6.58 Å². The molecule has 0 amide bonds. The van der Waals surface area contributed by atoms with Crippen molar-refractivity contribution in [2.45, 2.75) is 18.9 Å². The highest BCUT2D eigenvalue weighted by Gasteiger charge is 2.36. The predicted octanol–water partition coefficient (Wildman–Crippen LogP) is 0.453. The molecule has 1 saturated heterocycles. The lowest BCUT2D eigenvalue weighted by Crippen LogP contribution is -2.50. The fraction of sp³-hybridized carbons (Fsp3) is 0.625. The van der Waals surface area contributed by atoms with Crippen LogP contribution in [0.4, 0.5) is 0 Å². The maximum Gasteiger partial charge on any atom is 0.307 e. The van der Waals surface area contributed by atoms with Gasteiger partial charge in [-0.3, -0.25) is 4.79 Å². The van der Waals surface area contributed by atoms with Crippen LogP contribution >= 0.6 is 0 Å². The van der Waals surface area contributed by atoms with Gasteiger partial charge in [-0.25, -0.2) is 0 Å². The topological polar surface area (TPSA) is 52.3 Å². The first-order valence-corrected chi connectivity index (χ1v) is 3.63. The van der Waals surface area contributed by atoms with E-state index in [1.807, 2.05) is 6.92 Å². The van der Waals surface area contributed by atoms with Gasteiger partial charge in [0.25, 0.3) is 0 Å². The van der Waals surface area contributed by atoms with Crippen LogP contribution in [0.25, 0.3) is 0 Å². The normalized spacial score (nSPS) is 38.0. The van der Waals surface area contributed by atoms with Gasteiger partial charge >= 0.3 is 5.97 Å². The molecule has 2 N–H and O–H groups in total. The molecule has 3 heteroatoms. The molecule has 1 aliphatic heterocycles. The summed E-state index contributed by atoms with van der Waals surface area (Å²) in [5.74, 6) is -0.131. The number of carbonyl (C=O) groups excluding carboxylic acids is 1. The summed E-state index contributed by atoms with van der Waals surface area (Å²) in [4.78, 5) is 10.8. The number of hydrogen-bond donors (Lipinski definition) is 1. The van der Waals surface area contributed by atoms with Crippen molar-refractivity contribution in [2.75, 3.05) is 6.61 Å². The van der Waals surface area contributed by atoms with Gasteiger partial charge in [-0.2, -0.15) is 0 Å². The van der Waals surface area contributed by atoms with Crippen LogP contribution in [-0.2, 0) is 9.53 Å². The summed E-state index contributed by atoms with van der Waals surface area (Å²) in [7, 11) is 0. The van der Waals surface area contributed by atoms with Gasteiger partial charge < -0.3 is 10.5 Å². The molecule has 1 fully saturated rings. The number of hydrogen-bond acceptors (Lipinski definition) is 3. The molecule has 62 valence electrons. The molecule has 1 heterocycles. The maximum absolute atomic E-state index is 10.8. The molecule has 0 radical (unpaired) electrons. The van der Waals surface area contributed by atoms with Crippen LogP contribution in [0.3, 0.4) is 0 Å². The van der Waals surface area contributed by atoms with E-state index in [0.717, 1.165) is 0 Å². The van der Waals surface area contributed by atoms with Crippen molar-refractivity contribution in [2.24, 2.45) is 11.7 Å². The number of ether oxygens (including phenoxy) is 1. The molecule has 0 saturated carbocycles. The molecule has 2 unspecified atom stereocenters. The number of cyclic esters (lactones) is 1. The Hall–Kier alpha value is -0.830. The second-order valence-corrected chi connectivity index (χ2v) is 3.21. The van der Waals surface area contributed by atoms with E-state index in [1.165, 1.54) is 0 Å². The minimum atomic E-state index is -0.475. The van der Waals surface area contributed by atoms with E-state index in [4.69, 9.17) is 10.5 Å². The largest absolute Gasteiger partial charge is 0.465 e. The zero-order chi connectivity index (χ0) is 8.48. The van der Waals surface area contributed by atoms with Gasteiger partial charge in [-0.1, -0.05) is 6.08 Å². The maximum atomic E-state index is 10.8. The van der Waals surface area contributed by atoms with Crippen molar-refractivity contribution in [1.29, 1.82) is 0 Å². The quantitative estimate of drug-likeness (QED) is 0.442. The molecular weight excluding hydrogens is 142 g/mol. The summed E-state index contributed by atoms with van der Waals surface area (Å²) in [6.45, 7) is 5.85. The van der Waals surface area contributed by atoms with Crippen molar-refractivity contribution < 1.29 is 9.53 Å². The van der Waals surface area contributed by atoms with Crippen molar-refractivity contribution >= 4 is 5.97 Å². The van der Waals surface area contributed by atoms with Crippen LogP contribution < -0.4 is 5.73 Å². The standard InChI is InChI=1S/C8H13NO2/c1-3-6-5-11-7(10)4-8(6,2)9/h3,6H,1,4-5,9H2,2H3. The van der Waals surface area contributed by atoms with E-state index in [9.17, 15) is 4.79 Å². The lowest BCUT2D eigenvalue weighted by Gasteiger charge is -2.35. The van der Waals surface area contributed by atoms with Crippen molar-refractivity contribution in [3.05, 3.63) is 12.7 Å². The van der Waals surface area contributed by atoms with Crippen LogP contribution in [0.1, 0.15) is 13.3 Å². The molecule has 0 spiro atoms. The lowest BCUT2D eigenvalue weighted by molar-refractivity contribution is -0.151. The van der Waals surface area contributed by atoms with Crippen LogP contribution in [0.2, 0.25) is 0 Å². The van der Waals surface area contributed by atoms with Gasteiger partial charge in [0.2, 0.25) is 0 Å². The molecule has 1 rings (SSSR count). The van der Waals surface area contributed by atoms with Gasteiger partial charge in [-0.05, 0) is 6.92 Å². The Labute approximate surface area is 66.2 Å². The third-order valence-electron chi connectivity index (χ3n) is 2.08. The molecule has 11 heavy (non-hydrogen) atoms. The summed E-state index contributed by atoms with van der Waals surface area (Å²) in [6.07, 6.45) is 2.02. The highest BCUT2D eigenvalue weighted by molar-refractivity contribution is 5.72. The Bertz CT molecular complexity index is 187. The van der Waals surface area contributed by atoms with Crippen LogP contribution in [0, 0.1) is 5.92 Å². The van der Waals surface area contributed by atoms with E-state index in [1.54, 1.807) is 6.08 Å². The average Bonchev–Trinajstić information content (AvgIpc) is 1.85. The summed E-state index contributed by atoms with van der Waals surface area (Å²) in [6, 6.07) is 0. The van der Waals surface area contributed by atoms with Gasteiger partial charge in [0.15, 0.2) is 0 Å². The Kier molecular flexibility index (Phi) is 2.00. The van der Waals surface area contributed by atoms with Crippen molar-refractivity contribution in [3.63, 3.8) is 0 Å². The minimum absolute atomic E-state index is 0.0835. The number of carbonyl (C=O) groups is 1. The Morgan fingerprint density at radius 1 is 1.91 bits per heavy atom. The van der Waals surface area contributed by atoms with Gasteiger partial charge in [0.1, 0.15) is 0 Å². The monoisotopic (exact) mass is 155 g/mol. The predicted molar refractivity (Wildman–Crippen MR) is 41.9 cm³/mol. The first-order valence-electron chi connectivity index (χ1n) is 3.63. The third kappa shape index (κ3) is 1.60. The first-order chi connectivity index (χ1) is 5.06. The highest BCUT2D eigenvalue weighted by Crippen LogP contribution is 2.24. The van der Waals surface area contributed by atoms with Crippen molar-refractivity contribution in [1.82, 2.24) is 0 Å².